The second-order valence-corrected chi connectivity index (χ2v) is 9.38. The number of carboxylic acid groups (broad SMARTS) is 1. The first-order valence-electron chi connectivity index (χ1n) is 10.0. The number of nitrogens with one attached hydrogen (secondary N) is 1. The normalized spacial score (nSPS) is 16.4. The van der Waals surface area contributed by atoms with E-state index in [1.54, 1.807) is 12.1 Å². The molecule has 1 heterocycles. The van der Waals surface area contributed by atoms with E-state index in [-0.39, 0.29) is 30.3 Å². The number of ether oxygens (including phenoxy) is 1. The Labute approximate surface area is 181 Å². The predicted octanol–water partition coefficient (Wildman–Crippen LogP) is 1.91. The summed E-state index contributed by atoms with van der Waals surface area (Å²) in [6.07, 6.45) is 0.852. The molecule has 1 aliphatic rings. The number of rotatable bonds is 8. The fourth-order valence-electron chi connectivity index (χ4n) is 3.59. The quantitative estimate of drug-likeness (QED) is 0.641. The van der Waals surface area contributed by atoms with Crippen molar-refractivity contribution in [1.29, 1.82) is 0 Å². The van der Waals surface area contributed by atoms with Crippen molar-refractivity contribution in [2.24, 2.45) is 5.92 Å². The van der Waals surface area contributed by atoms with Crippen molar-refractivity contribution in [3.63, 3.8) is 0 Å². The van der Waals surface area contributed by atoms with Gasteiger partial charge in [0.05, 0.1) is 12.0 Å². The van der Waals surface area contributed by atoms with Crippen LogP contribution in [0.2, 0.25) is 0 Å². The molecular formula is C22H26N2O6S. The summed E-state index contributed by atoms with van der Waals surface area (Å²) < 4.78 is 32.1. The predicted molar refractivity (Wildman–Crippen MR) is 114 cm³/mol. The number of carbonyl (C=O) groups excluding carboxylic acids is 1. The Kier molecular flexibility index (Phi) is 7.29. The average Bonchev–Trinajstić information content (AvgIpc) is 2.79. The largest absolute Gasteiger partial charge is 0.497 e. The third kappa shape index (κ3) is 5.62. The second kappa shape index (κ2) is 9.93. The molecule has 166 valence electrons. The number of nitrogens with zero attached hydrogens (tertiary/aromatic N) is 1. The molecule has 1 aliphatic heterocycles. The van der Waals surface area contributed by atoms with Crippen molar-refractivity contribution in [2.45, 2.75) is 30.2 Å². The van der Waals surface area contributed by atoms with E-state index in [2.05, 4.69) is 5.32 Å². The summed E-state index contributed by atoms with van der Waals surface area (Å²) in [4.78, 5) is 24.4. The molecule has 2 N–H and O–H groups in total. The lowest BCUT2D eigenvalue weighted by molar-refractivity contribution is -0.142. The Balaban J connectivity index is 1.58. The summed E-state index contributed by atoms with van der Waals surface area (Å²) in [5, 5.41) is 12.1. The number of hydrogen-bond donors (Lipinski definition) is 2. The molecule has 0 bridgehead atoms. The molecule has 1 atom stereocenters. The van der Waals surface area contributed by atoms with Gasteiger partial charge in [-0.05, 0) is 42.7 Å². The Bertz CT molecular complexity index is 1000. The molecular weight excluding hydrogens is 420 g/mol. The SMILES string of the molecule is COc1ccc(S(=O)(=O)N2CCC(C(=O)NC(Cc3ccccc3)C(=O)O)CC2)cc1. The lowest BCUT2D eigenvalue weighted by atomic mass is 9.96. The maximum Gasteiger partial charge on any atom is 0.326 e. The van der Waals surface area contributed by atoms with Crippen molar-refractivity contribution in [2.75, 3.05) is 20.2 Å². The molecule has 1 fully saturated rings. The van der Waals surface area contributed by atoms with E-state index in [9.17, 15) is 23.1 Å². The number of hydrogen-bond acceptors (Lipinski definition) is 5. The number of benzene rings is 2. The Hall–Kier alpha value is -2.91. The number of methoxy groups -OCH3 is 1. The van der Waals surface area contributed by atoms with Crippen LogP contribution in [0.5, 0.6) is 5.75 Å². The van der Waals surface area contributed by atoms with Crippen molar-refractivity contribution < 1.29 is 27.9 Å². The van der Waals surface area contributed by atoms with Gasteiger partial charge in [0.15, 0.2) is 0 Å². The molecule has 31 heavy (non-hydrogen) atoms. The van der Waals surface area contributed by atoms with E-state index < -0.39 is 28.0 Å². The molecule has 0 aliphatic carbocycles. The van der Waals surface area contributed by atoms with Crippen LogP contribution in [0.3, 0.4) is 0 Å². The zero-order valence-corrected chi connectivity index (χ0v) is 18.0. The number of carboxylic acids is 1. The lowest BCUT2D eigenvalue weighted by Gasteiger charge is -2.31. The number of aliphatic carboxylic acids is 1. The Morgan fingerprint density at radius 2 is 1.71 bits per heavy atom. The van der Waals surface area contributed by atoms with Crippen LogP contribution < -0.4 is 10.1 Å². The van der Waals surface area contributed by atoms with Gasteiger partial charge >= 0.3 is 5.97 Å². The molecule has 0 spiro atoms. The van der Waals surface area contributed by atoms with E-state index in [4.69, 9.17) is 4.74 Å². The van der Waals surface area contributed by atoms with Crippen LogP contribution in [0.15, 0.2) is 59.5 Å². The van der Waals surface area contributed by atoms with Gasteiger partial charge in [0, 0.05) is 25.4 Å². The Morgan fingerprint density at radius 1 is 1.10 bits per heavy atom. The van der Waals surface area contributed by atoms with Crippen LogP contribution in [-0.2, 0) is 26.0 Å². The third-order valence-corrected chi connectivity index (χ3v) is 7.33. The van der Waals surface area contributed by atoms with Gasteiger partial charge in [-0.1, -0.05) is 30.3 Å². The van der Waals surface area contributed by atoms with Gasteiger partial charge in [-0.25, -0.2) is 13.2 Å². The van der Waals surface area contributed by atoms with Crippen LogP contribution >= 0.6 is 0 Å². The van der Waals surface area contributed by atoms with Gasteiger partial charge < -0.3 is 15.2 Å². The van der Waals surface area contributed by atoms with Gasteiger partial charge in [0.1, 0.15) is 11.8 Å². The molecule has 0 radical (unpaired) electrons. The monoisotopic (exact) mass is 446 g/mol. The molecule has 3 rings (SSSR count). The van der Waals surface area contributed by atoms with Gasteiger partial charge in [-0.15, -0.1) is 0 Å². The minimum atomic E-state index is -3.66. The molecule has 9 heteroatoms. The minimum Gasteiger partial charge on any atom is -0.497 e. The average molecular weight is 447 g/mol. The lowest BCUT2D eigenvalue weighted by Crippen LogP contribution is -2.48. The first-order chi connectivity index (χ1) is 14.8. The van der Waals surface area contributed by atoms with Crippen LogP contribution in [0.1, 0.15) is 18.4 Å². The van der Waals surface area contributed by atoms with Crippen molar-refractivity contribution in [1.82, 2.24) is 9.62 Å². The summed E-state index contributed by atoms with van der Waals surface area (Å²) in [5.41, 5.74) is 0.815. The first kappa shape index (κ1) is 22.8. The smallest absolute Gasteiger partial charge is 0.326 e. The van der Waals surface area contributed by atoms with Gasteiger partial charge in [-0.3, -0.25) is 4.79 Å². The fraction of sp³-hybridized carbons (Fsp3) is 0.364. The van der Waals surface area contributed by atoms with Crippen LogP contribution in [0, 0.1) is 5.92 Å². The Morgan fingerprint density at radius 3 is 2.26 bits per heavy atom. The van der Waals surface area contributed by atoms with Crippen molar-refractivity contribution in [3.8, 4) is 5.75 Å². The molecule has 0 saturated carbocycles. The summed E-state index contributed by atoms with van der Waals surface area (Å²) in [7, 11) is -2.15. The van der Waals surface area contributed by atoms with Crippen molar-refractivity contribution in [3.05, 3.63) is 60.2 Å². The van der Waals surface area contributed by atoms with E-state index in [1.807, 2.05) is 30.3 Å². The maximum atomic E-state index is 12.8. The number of sulfonamides is 1. The van der Waals surface area contributed by atoms with Gasteiger partial charge in [0.2, 0.25) is 15.9 Å². The van der Waals surface area contributed by atoms with Crippen LogP contribution in [-0.4, -0.2) is 55.9 Å². The highest BCUT2D eigenvalue weighted by Crippen LogP contribution is 2.25. The molecule has 1 unspecified atom stereocenters. The molecule has 0 aromatic heterocycles. The van der Waals surface area contributed by atoms with Gasteiger partial charge in [0.25, 0.3) is 0 Å². The number of amides is 1. The number of carbonyl (C=O) groups is 2. The van der Waals surface area contributed by atoms with Crippen LogP contribution in [0.4, 0.5) is 0 Å². The topological polar surface area (TPSA) is 113 Å². The fourth-order valence-corrected chi connectivity index (χ4v) is 5.06. The highest BCUT2D eigenvalue weighted by Gasteiger charge is 2.33. The van der Waals surface area contributed by atoms with Crippen LogP contribution in [0.25, 0.3) is 0 Å². The van der Waals surface area contributed by atoms with Gasteiger partial charge in [-0.2, -0.15) is 4.31 Å². The zero-order chi connectivity index (χ0) is 22.4. The molecule has 1 amide bonds. The van der Waals surface area contributed by atoms with E-state index >= 15 is 0 Å². The summed E-state index contributed by atoms with van der Waals surface area (Å²) in [6, 6.07) is 14.2. The summed E-state index contributed by atoms with van der Waals surface area (Å²) in [5.74, 6) is -1.32. The number of piperidine rings is 1. The minimum absolute atomic E-state index is 0.171. The molecule has 8 nitrogen and oxygen atoms in total. The highest BCUT2D eigenvalue weighted by molar-refractivity contribution is 7.89. The summed E-state index contributed by atoms with van der Waals surface area (Å²) in [6.45, 7) is 0.395. The molecule has 1 saturated heterocycles. The standard InChI is InChI=1S/C22H26N2O6S/c1-30-18-7-9-19(10-8-18)31(28,29)24-13-11-17(12-14-24)21(25)23-20(22(26)27)15-16-5-3-2-4-6-16/h2-10,17,20H,11-15H2,1H3,(H,23,25)(H,26,27). The molecule has 2 aromatic rings. The second-order valence-electron chi connectivity index (χ2n) is 7.44. The third-order valence-electron chi connectivity index (χ3n) is 5.42. The zero-order valence-electron chi connectivity index (χ0n) is 17.2. The molecule has 2 aromatic carbocycles. The van der Waals surface area contributed by atoms with E-state index in [0.29, 0.717) is 18.6 Å². The van der Waals surface area contributed by atoms with E-state index in [0.717, 1.165) is 5.56 Å². The van der Waals surface area contributed by atoms with Crippen molar-refractivity contribution >= 4 is 21.9 Å². The van der Waals surface area contributed by atoms with E-state index in [1.165, 1.54) is 23.5 Å². The highest BCUT2D eigenvalue weighted by atomic mass is 32.2. The summed E-state index contributed by atoms with van der Waals surface area (Å²) >= 11 is 0. The first-order valence-corrected chi connectivity index (χ1v) is 11.5. The maximum absolute atomic E-state index is 12.8.